The van der Waals surface area contributed by atoms with E-state index < -0.39 is 0 Å². The number of hydrogen-bond donors (Lipinski definition) is 1. The van der Waals surface area contributed by atoms with Crippen LogP contribution in [0, 0.1) is 5.41 Å². The van der Waals surface area contributed by atoms with Crippen LogP contribution in [0.25, 0.3) is 0 Å². The van der Waals surface area contributed by atoms with Crippen molar-refractivity contribution in [2.45, 2.75) is 45.1 Å². The molecule has 1 saturated carbocycles. The van der Waals surface area contributed by atoms with Gasteiger partial charge >= 0.3 is 6.03 Å². The first-order valence-corrected chi connectivity index (χ1v) is 7.26. The van der Waals surface area contributed by atoms with Gasteiger partial charge in [0.15, 0.2) is 0 Å². The Balaban J connectivity index is 1.69. The van der Waals surface area contributed by atoms with E-state index in [0.29, 0.717) is 11.5 Å². The summed E-state index contributed by atoms with van der Waals surface area (Å²) in [5, 5.41) is 3.71. The van der Waals surface area contributed by atoms with Crippen LogP contribution in [0.4, 0.5) is 4.79 Å². The predicted molar refractivity (Wildman–Crippen MR) is 73.6 cm³/mol. The number of carbonyl (C=O) groups excluding carboxylic acids is 1. The van der Waals surface area contributed by atoms with Gasteiger partial charge in [-0.15, -0.1) is 0 Å². The van der Waals surface area contributed by atoms with Gasteiger partial charge < -0.3 is 15.1 Å². The van der Waals surface area contributed by atoms with E-state index in [1.807, 2.05) is 19.0 Å². The maximum atomic E-state index is 11.8. The van der Waals surface area contributed by atoms with Gasteiger partial charge in [-0.25, -0.2) is 4.79 Å². The Bertz CT molecular complexity index is 291. The third-order valence-corrected chi connectivity index (χ3v) is 4.62. The molecule has 1 heterocycles. The predicted octanol–water partition coefficient (Wildman–Crippen LogP) is 1.91. The van der Waals surface area contributed by atoms with Crippen molar-refractivity contribution < 1.29 is 4.79 Å². The van der Waals surface area contributed by atoms with Crippen molar-refractivity contribution in [1.29, 1.82) is 0 Å². The van der Waals surface area contributed by atoms with Crippen molar-refractivity contribution in [3.63, 3.8) is 0 Å². The lowest BCUT2D eigenvalue weighted by Crippen LogP contribution is -2.48. The number of nitrogens with zero attached hydrogens (tertiary/aromatic N) is 2. The molecule has 1 aliphatic heterocycles. The second-order valence-electron chi connectivity index (χ2n) is 6.17. The monoisotopic (exact) mass is 253 g/mol. The third-order valence-electron chi connectivity index (χ3n) is 4.62. The van der Waals surface area contributed by atoms with Crippen LogP contribution in [0.1, 0.15) is 39.0 Å². The highest BCUT2D eigenvalue weighted by atomic mass is 16.2. The van der Waals surface area contributed by atoms with E-state index in [4.69, 9.17) is 0 Å². The molecule has 1 saturated heterocycles. The van der Waals surface area contributed by atoms with Crippen LogP contribution in [0.3, 0.4) is 0 Å². The van der Waals surface area contributed by atoms with Gasteiger partial charge in [-0.3, -0.25) is 0 Å². The highest BCUT2D eigenvalue weighted by Crippen LogP contribution is 2.48. The quantitative estimate of drug-likeness (QED) is 0.831. The lowest BCUT2D eigenvalue weighted by molar-refractivity contribution is 0.151. The summed E-state index contributed by atoms with van der Waals surface area (Å²) in [5.41, 5.74) is 0.622. The molecule has 18 heavy (non-hydrogen) atoms. The Morgan fingerprint density at radius 1 is 1.33 bits per heavy atom. The number of piperidine rings is 1. The zero-order valence-corrected chi connectivity index (χ0v) is 12.0. The van der Waals surface area contributed by atoms with Gasteiger partial charge in [0.05, 0.1) is 0 Å². The summed E-state index contributed by atoms with van der Waals surface area (Å²) >= 11 is 0. The lowest BCUT2D eigenvalue weighted by Gasteiger charge is -2.34. The van der Waals surface area contributed by atoms with E-state index in [1.165, 1.54) is 25.8 Å². The van der Waals surface area contributed by atoms with Gasteiger partial charge in [0.25, 0.3) is 0 Å². The topological polar surface area (TPSA) is 35.6 Å². The average Bonchev–Trinajstić information content (AvgIpc) is 3.17. The smallest absolute Gasteiger partial charge is 0.319 e. The molecule has 2 amide bonds. The summed E-state index contributed by atoms with van der Waals surface area (Å²) in [4.78, 5) is 15.4. The SMILES string of the molecule is CCC1(CNC2CCN(C(=O)N(C)C)CC2)CC1. The maximum Gasteiger partial charge on any atom is 0.319 e. The van der Waals surface area contributed by atoms with Crippen LogP contribution in [0.2, 0.25) is 0 Å². The highest BCUT2D eigenvalue weighted by molar-refractivity contribution is 5.73. The fraction of sp³-hybridized carbons (Fsp3) is 0.929. The Morgan fingerprint density at radius 2 is 1.94 bits per heavy atom. The van der Waals surface area contributed by atoms with Crippen molar-refractivity contribution in [1.82, 2.24) is 15.1 Å². The summed E-state index contributed by atoms with van der Waals surface area (Å²) in [7, 11) is 3.65. The van der Waals surface area contributed by atoms with E-state index in [0.717, 1.165) is 25.9 Å². The molecule has 0 aromatic rings. The van der Waals surface area contributed by atoms with Crippen molar-refractivity contribution in [3.8, 4) is 0 Å². The standard InChI is InChI=1S/C14H27N3O/c1-4-14(7-8-14)11-15-12-5-9-17(10-6-12)13(18)16(2)3/h12,15H,4-11H2,1-3H3. The molecule has 0 aromatic heterocycles. The van der Waals surface area contributed by atoms with E-state index in [-0.39, 0.29) is 6.03 Å². The molecular formula is C14H27N3O. The molecule has 1 N–H and O–H groups in total. The highest BCUT2D eigenvalue weighted by Gasteiger charge is 2.40. The third kappa shape index (κ3) is 3.16. The second kappa shape index (κ2) is 5.47. The molecule has 0 atom stereocenters. The van der Waals surface area contributed by atoms with E-state index >= 15 is 0 Å². The summed E-state index contributed by atoms with van der Waals surface area (Å²) in [5.74, 6) is 0. The number of hydrogen-bond acceptors (Lipinski definition) is 2. The summed E-state index contributed by atoms with van der Waals surface area (Å²) in [6.07, 6.45) is 6.29. The molecule has 4 heteroatoms. The molecule has 0 spiro atoms. The Labute approximate surface area is 111 Å². The molecule has 0 bridgehead atoms. The van der Waals surface area contributed by atoms with Crippen molar-refractivity contribution in [3.05, 3.63) is 0 Å². The average molecular weight is 253 g/mol. The van der Waals surface area contributed by atoms with Crippen LogP contribution in [-0.2, 0) is 0 Å². The van der Waals surface area contributed by atoms with E-state index in [9.17, 15) is 4.79 Å². The van der Waals surface area contributed by atoms with Crippen molar-refractivity contribution in [2.24, 2.45) is 5.41 Å². The Kier molecular flexibility index (Phi) is 4.15. The maximum absolute atomic E-state index is 11.8. The number of carbonyl (C=O) groups is 1. The summed E-state index contributed by atoms with van der Waals surface area (Å²) in [6.45, 7) is 5.27. The molecule has 4 nitrogen and oxygen atoms in total. The van der Waals surface area contributed by atoms with Crippen LogP contribution >= 0.6 is 0 Å². The van der Waals surface area contributed by atoms with Crippen LogP contribution in [0.5, 0.6) is 0 Å². The van der Waals surface area contributed by atoms with E-state index in [2.05, 4.69) is 12.2 Å². The second-order valence-corrected chi connectivity index (χ2v) is 6.17. The lowest BCUT2D eigenvalue weighted by atomic mass is 10.0. The first-order valence-electron chi connectivity index (χ1n) is 7.26. The van der Waals surface area contributed by atoms with Crippen molar-refractivity contribution in [2.75, 3.05) is 33.7 Å². The molecule has 2 aliphatic rings. The molecule has 1 aliphatic carbocycles. The molecule has 2 fully saturated rings. The largest absolute Gasteiger partial charge is 0.331 e. The van der Waals surface area contributed by atoms with Gasteiger partial charge in [0.1, 0.15) is 0 Å². The zero-order chi connectivity index (χ0) is 13.2. The van der Waals surface area contributed by atoms with Gasteiger partial charge in [-0.2, -0.15) is 0 Å². The normalized spacial score (nSPS) is 22.9. The number of likely N-dealkylation sites (tertiary alicyclic amines) is 1. The molecule has 0 aromatic carbocycles. The minimum Gasteiger partial charge on any atom is -0.331 e. The Morgan fingerprint density at radius 3 is 2.39 bits per heavy atom. The fourth-order valence-electron chi connectivity index (χ4n) is 2.75. The van der Waals surface area contributed by atoms with Gasteiger partial charge in [0, 0.05) is 39.8 Å². The Hall–Kier alpha value is -0.770. The van der Waals surface area contributed by atoms with Gasteiger partial charge in [-0.05, 0) is 37.5 Å². The number of nitrogens with one attached hydrogen (secondary N) is 1. The first kappa shape index (κ1) is 13.7. The van der Waals surface area contributed by atoms with Crippen LogP contribution in [-0.4, -0.2) is 55.6 Å². The molecular weight excluding hydrogens is 226 g/mol. The molecule has 104 valence electrons. The molecule has 0 unspecified atom stereocenters. The molecule has 0 radical (unpaired) electrons. The van der Waals surface area contributed by atoms with Crippen LogP contribution in [0.15, 0.2) is 0 Å². The molecule has 2 rings (SSSR count). The number of amides is 2. The first-order chi connectivity index (χ1) is 8.56. The number of rotatable bonds is 4. The zero-order valence-electron chi connectivity index (χ0n) is 12.0. The van der Waals surface area contributed by atoms with Crippen molar-refractivity contribution >= 4 is 6.03 Å². The van der Waals surface area contributed by atoms with Gasteiger partial charge in [-0.1, -0.05) is 6.92 Å². The summed E-state index contributed by atoms with van der Waals surface area (Å²) < 4.78 is 0. The van der Waals surface area contributed by atoms with Gasteiger partial charge in [0.2, 0.25) is 0 Å². The minimum absolute atomic E-state index is 0.153. The number of urea groups is 1. The van der Waals surface area contributed by atoms with E-state index in [1.54, 1.807) is 4.90 Å². The fourth-order valence-corrected chi connectivity index (χ4v) is 2.75. The minimum atomic E-state index is 0.153. The van der Waals surface area contributed by atoms with Crippen LogP contribution < -0.4 is 5.32 Å². The summed E-state index contributed by atoms with van der Waals surface area (Å²) in [6, 6.07) is 0.765.